The molecule has 1 aromatic heterocycles. The van der Waals surface area contributed by atoms with Crippen LogP contribution >= 0.6 is 11.6 Å². The van der Waals surface area contributed by atoms with E-state index in [1.807, 2.05) is 60.7 Å². The Kier molecular flexibility index (Phi) is 6.57. The van der Waals surface area contributed by atoms with Gasteiger partial charge in [0.05, 0.1) is 18.9 Å². The maximum atomic E-state index is 12.4. The first-order valence-electron chi connectivity index (χ1n) is 9.98. The van der Waals surface area contributed by atoms with Gasteiger partial charge in [-0.3, -0.25) is 4.79 Å². The summed E-state index contributed by atoms with van der Waals surface area (Å²) in [7, 11) is 0. The first kappa shape index (κ1) is 20.3. The number of hydrogen-bond donors (Lipinski definition) is 1. The van der Waals surface area contributed by atoms with Crippen LogP contribution in [0.15, 0.2) is 60.7 Å². The highest BCUT2D eigenvalue weighted by Crippen LogP contribution is 2.20. The van der Waals surface area contributed by atoms with Crippen molar-refractivity contribution < 1.29 is 9.53 Å². The zero-order valence-corrected chi connectivity index (χ0v) is 17.3. The van der Waals surface area contributed by atoms with E-state index in [9.17, 15) is 4.79 Å². The van der Waals surface area contributed by atoms with Crippen LogP contribution in [-0.2, 0) is 11.2 Å². The summed E-state index contributed by atoms with van der Waals surface area (Å²) in [6, 6.07) is 19.0. The largest absolute Gasteiger partial charge is 0.378 e. The number of hydrogen-bond acceptors (Lipinski definition) is 5. The minimum Gasteiger partial charge on any atom is -0.378 e. The number of nitrogens with zero attached hydrogens (tertiary/aromatic N) is 3. The summed E-state index contributed by atoms with van der Waals surface area (Å²) in [5, 5.41) is 12.4. The molecule has 0 atom stereocenters. The highest BCUT2D eigenvalue weighted by atomic mass is 35.5. The van der Waals surface area contributed by atoms with Crippen molar-refractivity contribution >= 4 is 23.3 Å². The van der Waals surface area contributed by atoms with Gasteiger partial charge in [0.15, 0.2) is 5.82 Å². The molecule has 30 heavy (non-hydrogen) atoms. The van der Waals surface area contributed by atoms with Crippen molar-refractivity contribution in [3.63, 3.8) is 0 Å². The van der Waals surface area contributed by atoms with Crippen LogP contribution in [0.1, 0.15) is 15.9 Å². The summed E-state index contributed by atoms with van der Waals surface area (Å²) in [6.45, 7) is 3.65. The average Bonchev–Trinajstić information content (AvgIpc) is 2.81. The number of rotatable bonds is 6. The molecule has 6 nitrogen and oxygen atoms in total. The molecule has 0 bridgehead atoms. The van der Waals surface area contributed by atoms with Crippen LogP contribution < -0.4 is 10.2 Å². The molecule has 0 aliphatic carbocycles. The van der Waals surface area contributed by atoms with Crippen LogP contribution in [0.4, 0.5) is 5.82 Å². The van der Waals surface area contributed by atoms with E-state index in [0.717, 1.165) is 42.1 Å². The summed E-state index contributed by atoms with van der Waals surface area (Å²) < 4.78 is 5.37. The molecule has 1 aliphatic heterocycles. The molecule has 0 spiro atoms. The van der Waals surface area contributed by atoms with E-state index < -0.39 is 0 Å². The Morgan fingerprint density at radius 2 is 1.70 bits per heavy atom. The van der Waals surface area contributed by atoms with E-state index in [2.05, 4.69) is 20.4 Å². The lowest BCUT2D eigenvalue weighted by Crippen LogP contribution is -2.36. The van der Waals surface area contributed by atoms with Gasteiger partial charge in [0.25, 0.3) is 5.91 Å². The molecule has 0 radical (unpaired) electrons. The molecule has 0 unspecified atom stereocenters. The van der Waals surface area contributed by atoms with E-state index in [-0.39, 0.29) is 5.91 Å². The van der Waals surface area contributed by atoms with Gasteiger partial charge >= 0.3 is 0 Å². The second-order valence-corrected chi connectivity index (χ2v) is 7.52. The minimum atomic E-state index is -0.0933. The number of benzene rings is 2. The summed E-state index contributed by atoms with van der Waals surface area (Å²) >= 11 is 5.89. The fourth-order valence-electron chi connectivity index (χ4n) is 3.31. The van der Waals surface area contributed by atoms with Gasteiger partial charge in [-0.1, -0.05) is 35.9 Å². The molecule has 1 fully saturated rings. The second-order valence-electron chi connectivity index (χ2n) is 7.09. The first-order valence-corrected chi connectivity index (χ1v) is 10.4. The summed E-state index contributed by atoms with van der Waals surface area (Å²) in [5.74, 6) is 0.767. The van der Waals surface area contributed by atoms with Gasteiger partial charge in [-0.25, -0.2) is 0 Å². The van der Waals surface area contributed by atoms with E-state index >= 15 is 0 Å². The van der Waals surface area contributed by atoms with Gasteiger partial charge < -0.3 is 15.0 Å². The Hall–Kier alpha value is -2.96. The molecule has 2 heterocycles. The van der Waals surface area contributed by atoms with E-state index in [0.29, 0.717) is 30.3 Å². The Bertz CT molecular complexity index is 970. The molecular weight excluding hydrogens is 400 g/mol. The Labute approximate surface area is 180 Å². The smallest absolute Gasteiger partial charge is 0.251 e. The number of morpholine rings is 1. The average molecular weight is 423 g/mol. The Morgan fingerprint density at radius 1 is 0.967 bits per heavy atom. The normalized spacial score (nSPS) is 13.8. The van der Waals surface area contributed by atoms with E-state index in [1.54, 1.807) is 0 Å². The zero-order valence-electron chi connectivity index (χ0n) is 16.6. The van der Waals surface area contributed by atoms with Gasteiger partial charge in [-0.2, -0.15) is 0 Å². The van der Waals surface area contributed by atoms with Crippen LogP contribution in [-0.4, -0.2) is 49.0 Å². The quantitative estimate of drug-likeness (QED) is 0.657. The molecule has 2 aromatic carbocycles. The van der Waals surface area contributed by atoms with Crippen molar-refractivity contribution in [1.29, 1.82) is 0 Å². The number of aromatic nitrogens is 2. The second kappa shape index (κ2) is 9.69. The summed E-state index contributed by atoms with van der Waals surface area (Å²) in [6.07, 6.45) is 0.756. The SMILES string of the molecule is O=C(NCCc1ccc(Cl)cc1)c1ccc(-c2ccc(N3CCOCC3)nn2)cc1. The fraction of sp³-hybridized carbons (Fsp3) is 0.261. The maximum Gasteiger partial charge on any atom is 0.251 e. The lowest BCUT2D eigenvalue weighted by Gasteiger charge is -2.27. The maximum absolute atomic E-state index is 12.4. The van der Waals surface area contributed by atoms with E-state index in [4.69, 9.17) is 16.3 Å². The van der Waals surface area contributed by atoms with Crippen LogP contribution in [0.25, 0.3) is 11.3 Å². The first-order chi connectivity index (χ1) is 14.7. The third-order valence-electron chi connectivity index (χ3n) is 5.04. The molecular formula is C23H23ClN4O2. The number of amides is 1. The van der Waals surface area contributed by atoms with Crippen molar-refractivity contribution in [2.75, 3.05) is 37.7 Å². The molecule has 1 N–H and O–H groups in total. The molecule has 1 aliphatic rings. The molecule has 154 valence electrons. The number of anilines is 1. The van der Waals surface area contributed by atoms with Crippen molar-refractivity contribution in [2.45, 2.75) is 6.42 Å². The lowest BCUT2D eigenvalue weighted by atomic mass is 10.1. The third kappa shape index (κ3) is 5.14. The molecule has 0 saturated carbocycles. The van der Waals surface area contributed by atoms with Crippen LogP contribution in [0.5, 0.6) is 0 Å². The van der Waals surface area contributed by atoms with Gasteiger partial charge in [0.2, 0.25) is 0 Å². The highest BCUT2D eigenvalue weighted by molar-refractivity contribution is 6.30. The lowest BCUT2D eigenvalue weighted by molar-refractivity contribution is 0.0954. The minimum absolute atomic E-state index is 0.0933. The molecule has 1 amide bonds. The molecule has 3 aromatic rings. The van der Waals surface area contributed by atoms with Crippen molar-refractivity contribution in [1.82, 2.24) is 15.5 Å². The number of carbonyl (C=O) groups excluding carboxylic acids is 1. The highest BCUT2D eigenvalue weighted by Gasteiger charge is 2.13. The van der Waals surface area contributed by atoms with Gasteiger partial charge in [0, 0.05) is 35.8 Å². The molecule has 7 heteroatoms. The zero-order chi connectivity index (χ0) is 20.8. The van der Waals surface area contributed by atoms with Gasteiger partial charge in [0.1, 0.15) is 0 Å². The fourth-order valence-corrected chi connectivity index (χ4v) is 3.43. The standard InChI is InChI=1S/C23H23ClN4O2/c24-20-7-1-17(2-8-20)11-12-25-23(29)19-5-3-18(4-6-19)21-9-10-22(27-26-21)28-13-15-30-16-14-28/h1-10H,11-16H2,(H,25,29). The molecule has 1 saturated heterocycles. The van der Waals surface area contributed by atoms with Crippen LogP contribution in [0, 0.1) is 0 Å². The summed E-state index contributed by atoms with van der Waals surface area (Å²) in [5.41, 5.74) is 3.46. The van der Waals surface area contributed by atoms with E-state index in [1.165, 1.54) is 0 Å². The van der Waals surface area contributed by atoms with Crippen LogP contribution in [0.3, 0.4) is 0 Å². The summed E-state index contributed by atoms with van der Waals surface area (Å²) in [4.78, 5) is 14.5. The van der Waals surface area contributed by atoms with Crippen molar-refractivity contribution in [3.05, 3.63) is 76.8 Å². The van der Waals surface area contributed by atoms with Gasteiger partial charge in [-0.05, 0) is 48.4 Å². The van der Waals surface area contributed by atoms with Gasteiger partial charge in [-0.15, -0.1) is 10.2 Å². The number of ether oxygens (including phenoxy) is 1. The monoisotopic (exact) mass is 422 g/mol. The topological polar surface area (TPSA) is 67.4 Å². The predicted octanol–water partition coefficient (Wildman–Crippen LogP) is 3.61. The number of halogens is 1. The van der Waals surface area contributed by atoms with Crippen LogP contribution in [0.2, 0.25) is 5.02 Å². The number of nitrogens with one attached hydrogen (secondary N) is 1. The molecule has 4 rings (SSSR count). The number of carbonyl (C=O) groups is 1. The Morgan fingerprint density at radius 3 is 2.37 bits per heavy atom. The predicted molar refractivity (Wildman–Crippen MR) is 118 cm³/mol. The third-order valence-corrected chi connectivity index (χ3v) is 5.29. The van der Waals surface area contributed by atoms with Crippen molar-refractivity contribution in [2.24, 2.45) is 0 Å². The van der Waals surface area contributed by atoms with Crippen molar-refractivity contribution in [3.8, 4) is 11.3 Å². The Balaban J connectivity index is 1.32.